The lowest BCUT2D eigenvalue weighted by Gasteiger charge is -2.47. The predicted molar refractivity (Wildman–Crippen MR) is 129 cm³/mol. The lowest BCUT2D eigenvalue weighted by atomic mass is 9.71. The minimum atomic E-state index is -5.08. The number of furan rings is 1. The van der Waals surface area contributed by atoms with E-state index in [1.54, 1.807) is 6.26 Å². The first-order valence-electron chi connectivity index (χ1n) is 12.2. The van der Waals surface area contributed by atoms with Crippen LogP contribution in [-0.4, -0.2) is 70.5 Å². The molecule has 0 aliphatic carbocycles. The van der Waals surface area contributed by atoms with E-state index in [9.17, 15) is 26.3 Å². The van der Waals surface area contributed by atoms with Crippen LogP contribution in [-0.2, 0) is 22.7 Å². The van der Waals surface area contributed by atoms with Crippen LogP contribution >= 0.6 is 0 Å². The number of nitrogens with zero attached hydrogens (tertiary/aromatic N) is 2. The third-order valence-corrected chi connectivity index (χ3v) is 6.80. The van der Waals surface area contributed by atoms with Crippen LogP contribution in [0.15, 0.2) is 47.1 Å². The van der Waals surface area contributed by atoms with Crippen LogP contribution < -0.4 is 0 Å². The number of halogens is 6. The molecule has 0 saturated carbocycles. The van der Waals surface area contributed by atoms with Crippen LogP contribution in [0.1, 0.15) is 42.6 Å². The van der Waals surface area contributed by atoms with E-state index in [0.717, 1.165) is 18.8 Å². The van der Waals surface area contributed by atoms with Gasteiger partial charge in [0, 0.05) is 6.54 Å². The maximum absolute atomic E-state index is 10.6. The molecular formula is C26H32F6N2O5. The number of rotatable bonds is 4. The van der Waals surface area contributed by atoms with E-state index in [1.807, 2.05) is 6.07 Å². The zero-order valence-corrected chi connectivity index (χ0v) is 21.4. The number of hydrogen-bond acceptors (Lipinski definition) is 5. The topological polar surface area (TPSA) is 94.2 Å². The average Bonchev–Trinajstić information content (AvgIpc) is 3.36. The number of benzene rings is 1. The monoisotopic (exact) mass is 566 g/mol. The Bertz CT molecular complexity index is 997. The predicted octanol–water partition coefficient (Wildman–Crippen LogP) is 5.73. The Labute approximate surface area is 222 Å². The largest absolute Gasteiger partial charge is 0.490 e. The molecule has 2 aromatic rings. The van der Waals surface area contributed by atoms with Crippen LogP contribution in [0.5, 0.6) is 0 Å². The standard InChI is InChI=1S/C22H30N2O.2C2HF3O2/c1-19-4-6-20(7-5-19)17-23-12-8-22(9-13-23)10-14-24(15-11-22)18-21-3-2-16-25-21;2*3-2(4,5)1(6)7/h2-7,16H,8-15,17-18H2,1H3;2*(H,6,7). The fourth-order valence-electron chi connectivity index (χ4n) is 4.45. The lowest BCUT2D eigenvalue weighted by Crippen LogP contribution is -2.46. The second-order valence-corrected chi connectivity index (χ2v) is 9.72. The first kappa shape index (κ1) is 32.2. The molecule has 218 valence electrons. The molecule has 2 aliphatic heterocycles. The van der Waals surface area contributed by atoms with Crippen LogP contribution in [0, 0.1) is 12.3 Å². The molecular weight excluding hydrogens is 534 g/mol. The summed E-state index contributed by atoms with van der Waals surface area (Å²) in [6.07, 6.45) is -2.94. The number of alkyl halides is 6. The van der Waals surface area contributed by atoms with Gasteiger partial charge in [-0.1, -0.05) is 29.8 Å². The van der Waals surface area contributed by atoms with Crippen molar-refractivity contribution in [1.29, 1.82) is 0 Å². The quantitative estimate of drug-likeness (QED) is 0.457. The van der Waals surface area contributed by atoms with Crippen molar-refractivity contribution in [3.63, 3.8) is 0 Å². The van der Waals surface area contributed by atoms with Crippen molar-refractivity contribution in [3.05, 3.63) is 59.5 Å². The van der Waals surface area contributed by atoms with Gasteiger partial charge in [-0.05, 0) is 81.9 Å². The van der Waals surface area contributed by atoms with Gasteiger partial charge in [-0.2, -0.15) is 26.3 Å². The fraction of sp³-hybridized carbons (Fsp3) is 0.538. The molecule has 3 heterocycles. The minimum absolute atomic E-state index is 0.601. The summed E-state index contributed by atoms with van der Waals surface area (Å²) in [5, 5.41) is 14.2. The third-order valence-electron chi connectivity index (χ3n) is 6.80. The number of aryl methyl sites for hydroxylation is 1. The molecule has 0 atom stereocenters. The van der Waals surface area contributed by atoms with Crippen molar-refractivity contribution >= 4 is 11.9 Å². The highest BCUT2D eigenvalue weighted by molar-refractivity contribution is 5.73. The third kappa shape index (κ3) is 11.3. The molecule has 39 heavy (non-hydrogen) atoms. The van der Waals surface area contributed by atoms with Crippen molar-refractivity contribution in [3.8, 4) is 0 Å². The molecule has 0 bridgehead atoms. The molecule has 2 aliphatic rings. The van der Waals surface area contributed by atoms with Gasteiger partial charge < -0.3 is 14.6 Å². The van der Waals surface area contributed by atoms with Gasteiger partial charge in [0.1, 0.15) is 5.76 Å². The van der Waals surface area contributed by atoms with Crippen molar-refractivity contribution in [2.45, 2.75) is 58.0 Å². The molecule has 4 rings (SSSR count). The van der Waals surface area contributed by atoms with Crippen LogP contribution in [0.2, 0.25) is 0 Å². The lowest BCUT2D eigenvalue weighted by molar-refractivity contribution is -0.193. The Morgan fingerprint density at radius 1 is 0.795 bits per heavy atom. The van der Waals surface area contributed by atoms with Gasteiger partial charge in [0.2, 0.25) is 0 Å². The number of piperidine rings is 2. The van der Waals surface area contributed by atoms with E-state index in [2.05, 4.69) is 47.1 Å². The number of carboxylic acid groups (broad SMARTS) is 2. The molecule has 0 unspecified atom stereocenters. The average molecular weight is 567 g/mol. The second kappa shape index (κ2) is 13.8. The van der Waals surface area contributed by atoms with Gasteiger partial charge in [0.05, 0.1) is 12.8 Å². The molecule has 0 radical (unpaired) electrons. The molecule has 0 amide bonds. The Morgan fingerprint density at radius 2 is 1.21 bits per heavy atom. The molecule has 1 spiro atoms. The summed E-state index contributed by atoms with van der Waals surface area (Å²) < 4.78 is 69.0. The highest BCUT2D eigenvalue weighted by Gasteiger charge is 2.39. The fourth-order valence-corrected chi connectivity index (χ4v) is 4.45. The first-order valence-corrected chi connectivity index (χ1v) is 12.2. The van der Waals surface area contributed by atoms with E-state index in [-0.39, 0.29) is 0 Å². The first-order chi connectivity index (χ1) is 18.1. The zero-order chi connectivity index (χ0) is 29.3. The molecule has 7 nitrogen and oxygen atoms in total. The van der Waals surface area contributed by atoms with Gasteiger partial charge in [0.15, 0.2) is 0 Å². The van der Waals surface area contributed by atoms with Crippen molar-refractivity contribution in [2.24, 2.45) is 5.41 Å². The second-order valence-electron chi connectivity index (χ2n) is 9.72. The summed E-state index contributed by atoms with van der Waals surface area (Å²) in [4.78, 5) is 23.0. The smallest absolute Gasteiger partial charge is 0.475 e. The Morgan fingerprint density at radius 3 is 1.56 bits per heavy atom. The van der Waals surface area contributed by atoms with Gasteiger partial charge >= 0.3 is 24.3 Å². The van der Waals surface area contributed by atoms with Crippen LogP contribution in [0.4, 0.5) is 26.3 Å². The Kier molecular flexibility index (Phi) is 11.4. The highest BCUT2D eigenvalue weighted by atomic mass is 19.4. The summed E-state index contributed by atoms with van der Waals surface area (Å²) in [5.41, 5.74) is 3.40. The molecule has 13 heteroatoms. The number of aliphatic carboxylic acids is 2. The van der Waals surface area contributed by atoms with Crippen LogP contribution in [0.25, 0.3) is 0 Å². The van der Waals surface area contributed by atoms with Crippen molar-refractivity contribution in [2.75, 3.05) is 26.2 Å². The maximum Gasteiger partial charge on any atom is 0.490 e. The van der Waals surface area contributed by atoms with E-state index >= 15 is 0 Å². The van der Waals surface area contributed by atoms with E-state index in [4.69, 9.17) is 24.2 Å². The highest BCUT2D eigenvalue weighted by Crippen LogP contribution is 2.41. The Balaban J connectivity index is 0.000000317. The van der Waals surface area contributed by atoms with E-state index in [0.29, 0.717) is 5.41 Å². The van der Waals surface area contributed by atoms with Gasteiger partial charge in [0.25, 0.3) is 0 Å². The summed E-state index contributed by atoms with van der Waals surface area (Å²) in [7, 11) is 0. The van der Waals surface area contributed by atoms with Gasteiger partial charge in [-0.15, -0.1) is 0 Å². The molecule has 2 fully saturated rings. The molecule has 2 N–H and O–H groups in total. The molecule has 2 saturated heterocycles. The zero-order valence-electron chi connectivity index (χ0n) is 21.4. The van der Waals surface area contributed by atoms with Gasteiger partial charge in [-0.25, -0.2) is 9.59 Å². The molecule has 1 aromatic heterocycles. The number of carboxylic acids is 2. The van der Waals surface area contributed by atoms with Crippen LogP contribution in [0.3, 0.4) is 0 Å². The van der Waals surface area contributed by atoms with Crippen molar-refractivity contribution in [1.82, 2.24) is 9.80 Å². The number of likely N-dealkylation sites (tertiary alicyclic amines) is 2. The normalized spacial score (nSPS) is 17.9. The van der Waals surface area contributed by atoms with E-state index in [1.165, 1.54) is 63.0 Å². The van der Waals surface area contributed by atoms with E-state index < -0.39 is 24.3 Å². The van der Waals surface area contributed by atoms with Gasteiger partial charge in [-0.3, -0.25) is 9.80 Å². The number of hydrogen-bond donors (Lipinski definition) is 2. The maximum atomic E-state index is 10.6. The Hall–Kier alpha value is -3.06. The van der Waals surface area contributed by atoms with Crippen molar-refractivity contribution < 1.29 is 50.6 Å². The summed E-state index contributed by atoms with van der Waals surface area (Å²) in [6.45, 7) is 9.20. The number of carbonyl (C=O) groups is 2. The summed E-state index contributed by atoms with van der Waals surface area (Å²) in [5.74, 6) is -4.41. The SMILES string of the molecule is Cc1ccc(CN2CCC3(CC2)CCN(Cc2ccco2)CC3)cc1.O=C(O)C(F)(F)F.O=C(O)C(F)(F)F. The molecule has 1 aromatic carbocycles. The summed E-state index contributed by atoms with van der Waals surface area (Å²) >= 11 is 0. The summed E-state index contributed by atoms with van der Waals surface area (Å²) in [6, 6.07) is 13.1. The minimum Gasteiger partial charge on any atom is -0.475 e.